The van der Waals surface area contributed by atoms with Gasteiger partial charge in [-0.1, -0.05) is 24.3 Å². The van der Waals surface area contributed by atoms with E-state index in [4.69, 9.17) is 10.5 Å². The molecule has 0 saturated heterocycles. The molecular weight excluding hydrogens is 324 g/mol. The molecule has 3 rings (SSSR count). The Hall–Kier alpha value is -3.00. The van der Waals surface area contributed by atoms with Gasteiger partial charge in [0.1, 0.15) is 0 Å². The number of pyridine rings is 1. The highest BCUT2D eigenvalue weighted by Crippen LogP contribution is 2.38. The van der Waals surface area contributed by atoms with Crippen molar-refractivity contribution in [1.29, 1.82) is 0 Å². The van der Waals surface area contributed by atoms with Crippen molar-refractivity contribution in [1.82, 2.24) is 4.98 Å². The van der Waals surface area contributed by atoms with Gasteiger partial charge in [-0.15, -0.1) is 0 Å². The molecule has 130 valence electrons. The summed E-state index contributed by atoms with van der Waals surface area (Å²) in [4.78, 5) is 28.6. The molecule has 2 heterocycles. The summed E-state index contributed by atoms with van der Waals surface area (Å²) in [5.41, 5.74) is 6.36. The predicted octanol–water partition coefficient (Wildman–Crippen LogP) is 2.15. The van der Waals surface area contributed by atoms with Crippen molar-refractivity contribution in [2.45, 2.75) is 32.5 Å². The lowest BCUT2D eigenvalue weighted by Crippen LogP contribution is -2.52. The van der Waals surface area contributed by atoms with Gasteiger partial charge in [-0.25, -0.2) is 0 Å². The minimum Gasteiger partial charge on any atom is -0.472 e. The number of carbonyl (C=O) groups excluding carboxylic acids is 1. The van der Waals surface area contributed by atoms with Crippen LogP contribution in [0.25, 0.3) is 0 Å². The van der Waals surface area contributed by atoms with E-state index in [-0.39, 0.29) is 24.1 Å². The number of anilines is 1. The molecule has 0 saturated carbocycles. The molecule has 25 heavy (non-hydrogen) atoms. The van der Waals surface area contributed by atoms with Gasteiger partial charge in [-0.05, 0) is 40.9 Å². The Kier molecular flexibility index (Phi) is 4.13. The molecule has 8 nitrogen and oxygen atoms in total. The standard InChI is InChI=1S/C17H18N4O4/c1-17(2)16(22)20(10-12-5-3-11(9-18)4-6-12)15-13(25-17)7-8-14(19-15)21(23)24/h3-8H,9-10,18H2,1-2H3. The minimum atomic E-state index is -1.08. The van der Waals surface area contributed by atoms with Crippen LogP contribution in [0.1, 0.15) is 25.0 Å². The predicted molar refractivity (Wildman–Crippen MR) is 91.1 cm³/mol. The number of benzene rings is 1. The van der Waals surface area contributed by atoms with Crippen molar-refractivity contribution in [2.75, 3.05) is 4.90 Å². The van der Waals surface area contributed by atoms with E-state index < -0.39 is 10.5 Å². The third kappa shape index (κ3) is 3.16. The first-order valence-corrected chi connectivity index (χ1v) is 7.76. The van der Waals surface area contributed by atoms with Gasteiger partial charge in [0.05, 0.1) is 6.54 Å². The van der Waals surface area contributed by atoms with Gasteiger partial charge >= 0.3 is 5.82 Å². The SMILES string of the molecule is CC1(C)Oc2ccc([N+](=O)[O-])nc2N(Cc2ccc(CN)cc2)C1=O. The van der Waals surface area contributed by atoms with Crippen LogP contribution in [0.3, 0.4) is 0 Å². The van der Waals surface area contributed by atoms with Crippen LogP contribution in [0, 0.1) is 10.1 Å². The average molecular weight is 342 g/mol. The molecule has 0 unspecified atom stereocenters. The first-order valence-electron chi connectivity index (χ1n) is 7.76. The average Bonchev–Trinajstić information content (AvgIpc) is 2.59. The van der Waals surface area contributed by atoms with Gasteiger partial charge in [-0.3, -0.25) is 9.69 Å². The molecule has 1 aromatic heterocycles. The van der Waals surface area contributed by atoms with Crippen LogP contribution in [-0.2, 0) is 17.9 Å². The van der Waals surface area contributed by atoms with Gasteiger partial charge in [0.25, 0.3) is 11.7 Å². The van der Waals surface area contributed by atoms with Crippen molar-refractivity contribution in [3.63, 3.8) is 0 Å². The molecule has 0 spiro atoms. The van der Waals surface area contributed by atoms with Crippen LogP contribution in [0.5, 0.6) is 5.75 Å². The van der Waals surface area contributed by atoms with E-state index in [2.05, 4.69) is 4.98 Å². The van der Waals surface area contributed by atoms with Crippen LogP contribution in [0.4, 0.5) is 11.6 Å². The Balaban J connectivity index is 2.02. The fraction of sp³-hybridized carbons (Fsp3) is 0.294. The van der Waals surface area contributed by atoms with E-state index in [1.54, 1.807) is 13.8 Å². The normalized spacial score (nSPS) is 15.5. The fourth-order valence-electron chi connectivity index (χ4n) is 2.65. The van der Waals surface area contributed by atoms with Crippen molar-refractivity contribution >= 4 is 17.5 Å². The smallest absolute Gasteiger partial charge is 0.366 e. The zero-order chi connectivity index (χ0) is 18.2. The molecule has 8 heteroatoms. The van der Waals surface area contributed by atoms with E-state index in [0.717, 1.165) is 11.1 Å². The number of aromatic nitrogens is 1. The molecule has 2 aromatic rings. The number of ether oxygens (including phenoxy) is 1. The van der Waals surface area contributed by atoms with Crippen LogP contribution in [-0.4, -0.2) is 21.4 Å². The fourth-order valence-corrected chi connectivity index (χ4v) is 2.65. The molecule has 1 amide bonds. The van der Waals surface area contributed by atoms with Crippen LogP contribution in [0.15, 0.2) is 36.4 Å². The summed E-state index contributed by atoms with van der Waals surface area (Å²) in [5.74, 6) is -0.149. The molecule has 1 aromatic carbocycles. The zero-order valence-corrected chi connectivity index (χ0v) is 13.9. The maximum Gasteiger partial charge on any atom is 0.366 e. The lowest BCUT2D eigenvalue weighted by Gasteiger charge is -2.35. The third-order valence-corrected chi connectivity index (χ3v) is 3.99. The van der Waals surface area contributed by atoms with Gasteiger partial charge < -0.3 is 20.6 Å². The number of nitrogens with two attached hydrogens (primary N) is 1. The van der Waals surface area contributed by atoms with E-state index in [0.29, 0.717) is 12.3 Å². The Morgan fingerprint density at radius 2 is 1.84 bits per heavy atom. The van der Waals surface area contributed by atoms with Crippen molar-refractivity contribution < 1.29 is 14.5 Å². The summed E-state index contributed by atoms with van der Waals surface area (Å²) in [6.45, 7) is 3.98. The summed E-state index contributed by atoms with van der Waals surface area (Å²) in [7, 11) is 0. The molecule has 0 fully saturated rings. The number of amides is 1. The Bertz CT molecular complexity index is 833. The maximum atomic E-state index is 12.8. The lowest BCUT2D eigenvalue weighted by molar-refractivity contribution is -0.389. The van der Waals surface area contributed by atoms with Crippen LogP contribution >= 0.6 is 0 Å². The third-order valence-electron chi connectivity index (χ3n) is 3.99. The molecule has 1 aliphatic rings. The zero-order valence-electron chi connectivity index (χ0n) is 13.9. The molecule has 0 atom stereocenters. The number of hydrogen-bond acceptors (Lipinski definition) is 6. The number of hydrogen-bond donors (Lipinski definition) is 1. The highest BCUT2D eigenvalue weighted by molar-refractivity contribution is 6.01. The maximum absolute atomic E-state index is 12.8. The Morgan fingerprint density at radius 1 is 1.20 bits per heavy atom. The van der Waals surface area contributed by atoms with Gasteiger partial charge in [0.2, 0.25) is 0 Å². The molecule has 1 aliphatic heterocycles. The largest absolute Gasteiger partial charge is 0.472 e. The monoisotopic (exact) mass is 342 g/mol. The van der Waals surface area contributed by atoms with Crippen molar-refractivity contribution in [3.8, 4) is 5.75 Å². The number of nitro groups is 1. The quantitative estimate of drug-likeness (QED) is 0.673. The first kappa shape index (κ1) is 16.8. The Morgan fingerprint density at radius 3 is 2.44 bits per heavy atom. The van der Waals surface area contributed by atoms with Crippen molar-refractivity contribution in [3.05, 3.63) is 57.6 Å². The van der Waals surface area contributed by atoms with E-state index in [1.807, 2.05) is 24.3 Å². The molecule has 0 aliphatic carbocycles. The number of rotatable bonds is 4. The highest BCUT2D eigenvalue weighted by Gasteiger charge is 2.44. The summed E-state index contributed by atoms with van der Waals surface area (Å²) >= 11 is 0. The highest BCUT2D eigenvalue weighted by atomic mass is 16.6. The Labute approximate surface area is 144 Å². The second kappa shape index (κ2) is 6.14. The molecule has 0 bridgehead atoms. The van der Waals surface area contributed by atoms with E-state index >= 15 is 0 Å². The van der Waals surface area contributed by atoms with Crippen LogP contribution in [0.2, 0.25) is 0 Å². The molecule has 2 N–H and O–H groups in total. The first-order chi connectivity index (χ1) is 11.8. The van der Waals surface area contributed by atoms with E-state index in [1.165, 1.54) is 17.0 Å². The number of nitrogens with zero attached hydrogens (tertiary/aromatic N) is 3. The number of fused-ring (bicyclic) bond motifs is 1. The van der Waals surface area contributed by atoms with Gasteiger partial charge in [0, 0.05) is 12.6 Å². The summed E-state index contributed by atoms with van der Waals surface area (Å²) in [6, 6.07) is 10.2. The molecular formula is C17H18N4O4. The topological polar surface area (TPSA) is 112 Å². The summed E-state index contributed by atoms with van der Waals surface area (Å²) in [5, 5.41) is 11.0. The van der Waals surface area contributed by atoms with Crippen molar-refractivity contribution in [2.24, 2.45) is 5.73 Å². The van der Waals surface area contributed by atoms with E-state index in [9.17, 15) is 14.9 Å². The summed E-state index contributed by atoms with van der Waals surface area (Å²) < 4.78 is 5.68. The second-order valence-electron chi connectivity index (χ2n) is 6.27. The van der Waals surface area contributed by atoms with Crippen LogP contribution < -0.4 is 15.4 Å². The summed E-state index contributed by atoms with van der Waals surface area (Å²) in [6.07, 6.45) is 0. The van der Waals surface area contributed by atoms with Gasteiger partial charge in [0.15, 0.2) is 11.4 Å². The number of carbonyl (C=O) groups is 1. The lowest BCUT2D eigenvalue weighted by atomic mass is 10.0. The molecule has 0 radical (unpaired) electrons. The van der Waals surface area contributed by atoms with Gasteiger partial charge in [-0.2, -0.15) is 0 Å². The minimum absolute atomic E-state index is 0.154. The second-order valence-corrected chi connectivity index (χ2v) is 6.27.